The zero-order valence-electron chi connectivity index (χ0n) is 8.35. The molecule has 2 rings (SSSR count). The topological polar surface area (TPSA) is 82.4 Å². The van der Waals surface area contributed by atoms with Gasteiger partial charge in [0.1, 0.15) is 10.2 Å². The van der Waals surface area contributed by atoms with E-state index in [0.717, 1.165) is 11.8 Å². The van der Waals surface area contributed by atoms with Crippen molar-refractivity contribution in [1.29, 1.82) is 5.26 Å². The van der Waals surface area contributed by atoms with E-state index in [4.69, 9.17) is 16.9 Å². The minimum Gasteiger partial charge on any atom is -0.301 e. The molecule has 0 spiro atoms. The molecule has 2 aromatic heterocycles. The van der Waals surface area contributed by atoms with E-state index < -0.39 is 0 Å². The first kappa shape index (κ1) is 11.6. The fourth-order valence-corrected chi connectivity index (χ4v) is 2.14. The van der Waals surface area contributed by atoms with Crippen molar-refractivity contribution in [1.82, 2.24) is 15.0 Å². The van der Waals surface area contributed by atoms with Crippen LogP contribution in [0.4, 0.5) is 0 Å². The van der Waals surface area contributed by atoms with Crippen LogP contribution in [-0.2, 0) is 0 Å². The Morgan fingerprint density at radius 3 is 3.00 bits per heavy atom. The number of hydrogen-bond acceptors (Lipinski definition) is 5. The van der Waals surface area contributed by atoms with Crippen LogP contribution in [0.3, 0.4) is 0 Å². The highest BCUT2D eigenvalue weighted by molar-refractivity contribution is 7.99. The molecule has 17 heavy (non-hydrogen) atoms. The molecule has 5 nitrogen and oxygen atoms in total. The normalized spacial score (nSPS) is 9.88. The maximum atomic E-state index is 11.1. The van der Waals surface area contributed by atoms with Gasteiger partial charge in [-0.3, -0.25) is 4.79 Å². The monoisotopic (exact) mass is 264 g/mol. The second-order valence-electron chi connectivity index (χ2n) is 2.97. The zero-order valence-corrected chi connectivity index (χ0v) is 9.92. The molecule has 0 aliphatic rings. The Labute approximate surface area is 105 Å². The molecule has 0 bridgehead atoms. The Bertz CT molecular complexity index is 649. The number of hydrogen-bond donors (Lipinski definition) is 1. The molecule has 0 radical (unpaired) electrons. The van der Waals surface area contributed by atoms with Gasteiger partial charge in [0.05, 0.1) is 11.6 Å². The van der Waals surface area contributed by atoms with Crippen molar-refractivity contribution >= 4 is 23.4 Å². The highest BCUT2D eigenvalue weighted by Gasteiger charge is 2.04. The average molecular weight is 265 g/mol. The van der Waals surface area contributed by atoms with Gasteiger partial charge >= 0.3 is 0 Å². The maximum Gasteiger partial charge on any atom is 0.251 e. The molecular weight excluding hydrogens is 260 g/mol. The minimum absolute atomic E-state index is 0.227. The third kappa shape index (κ3) is 3.06. The summed E-state index contributed by atoms with van der Waals surface area (Å²) in [5.74, 6) is 0. The number of aromatic amines is 1. The number of H-pyrrole nitrogens is 1. The van der Waals surface area contributed by atoms with Crippen LogP contribution in [0, 0.1) is 11.3 Å². The van der Waals surface area contributed by atoms with Crippen LogP contribution in [0.5, 0.6) is 0 Å². The number of halogens is 1. The van der Waals surface area contributed by atoms with Gasteiger partial charge < -0.3 is 4.98 Å². The van der Waals surface area contributed by atoms with Gasteiger partial charge in [0.25, 0.3) is 5.56 Å². The van der Waals surface area contributed by atoms with Crippen LogP contribution in [0.25, 0.3) is 0 Å². The summed E-state index contributed by atoms with van der Waals surface area (Å²) in [4.78, 5) is 21.6. The second kappa shape index (κ2) is 4.99. The van der Waals surface area contributed by atoms with Crippen LogP contribution < -0.4 is 5.56 Å². The molecule has 0 amide bonds. The van der Waals surface area contributed by atoms with Gasteiger partial charge in [0.2, 0.25) is 0 Å². The number of rotatable bonds is 2. The van der Waals surface area contributed by atoms with E-state index in [9.17, 15) is 4.79 Å². The van der Waals surface area contributed by atoms with Crippen molar-refractivity contribution in [2.75, 3.05) is 0 Å². The SMILES string of the molecule is N#Cc1cc(Cl)nc(Sc2nccc(=O)[nH]2)c1. The van der Waals surface area contributed by atoms with Gasteiger partial charge in [-0.1, -0.05) is 11.6 Å². The van der Waals surface area contributed by atoms with Crippen molar-refractivity contribution in [3.05, 3.63) is 45.5 Å². The number of nitrogens with one attached hydrogen (secondary N) is 1. The molecule has 7 heteroatoms. The van der Waals surface area contributed by atoms with E-state index in [1.54, 1.807) is 6.07 Å². The number of nitrogens with zero attached hydrogens (tertiary/aromatic N) is 3. The lowest BCUT2D eigenvalue weighted by atomic mass is 10.3. The third-order valence-electron chi connectivity index (χ3n) is 1.75. The molecule has 0 aliphatic heterocycles. The summed E-state index contributed by atoms with van der Waals surface area (Å²) in [7, 11) is 0. The third-order valence-corrected chi connectivity index (χ3v) is 2.76. The van der Waals surface area contributed by atoms with Gasteiger partial charge in [-0.05, 0) is 23.9 Å². The minimum atomic E-state index is -0.245. The highest BCUT2D eigenvalue weighted by atomic mass is 35.5. The van der Waals surface area contributed by atoms with Crippen molar-refractivity contribution in [3.63, 3.8) is 0 Å². The van der Waals surface area contributed by atoms with Gasteiger partial charge in [0.15, 0.2) is 5.16 Å². The van der Waals surface area contributed by atoms with E-state index in [-0.39, 0.29) is 10.7 Å². The summed E-state index contributed by atoms with van der Waals surface area (Å²) < 4.78 is 0. The Hall–Kier alpha value is -1.84. The molecule has 0 fully saturated rings. The summed E-state index contributed by atoms with van der Waals surface area (Å²) in [6.07, 6.45) is 1.40. The molecule has 0 atom stereocenters. The molecule has 0 aromatic carbocycles. The van der Waals surface area contributed by atoms with E-state index in [2.05, 4.69) is 15.0 Å². The van der Waals surface area contributed by atoms with Gasteiger partial charge in [-0.15, -0.1) is 0 Å². The largest absolute Gasteiger partial charge is 0.301 e. The summed E-state index contributed by atoms with van der Waals surface area (Å²) in [6, 6.07) is 6.33. The fraction of sp³-hybridized carbons (Fsp3) is 0. The van der Waals surface area contributed by atoms with Gasteiger partial charge in [-0.25, -0.2) is 9.97 Å². The first-order valence-electron chi connectivity index (χ1n) is 4.48. The molecule has 2 heterocycles. The number of pyridine rings is 1. The quantitative estimate of drug-likeness (QED) is 0.661. The van der Waals surface area contributed by atoms with Gasteiger partial charge in [-0.2, -0.15) is 5.26 Å². The van der Waals surface area contributed by atoms with E-state index in [0.29, 0.717) is 15.7 Å². The molecule has 0 saturated heterocycles. The fourth-order valence-electron chi connectivity index (χ4n) is 1.09. The van der Waals surface area contributed by atoms with Crippen molar-refractivity contribution in [2.24, 2.45) is 0 Å². The molecule has 84 valence electrons. The Morgan fingerprint density at radius 2 is 2.29 bits per heavy atom. The first-order valence-corrected chi connectivity index (χ1v) is 5.68. The summed E-state index contributed by atoms with van der Waals surface area (Å²) in [6.45, 7) is 0. The average Bonchev–Trinajstić information content (AvgIpc) is 2.28. The molecule has 0 saturated carbocycles. The summed E-state index contributed by atoms with van der Waals surface area (Å²) in [5, 5.41) is 9.91. The van der Waals surface area contributed by atoms with Gasteiger partial charge in [0, 0.05) is 12.3 Å². The summed E-state index contributed by atoms with van der Waals surface area (Å²) >= 11 is 6.89. The molecule has 0 unspecified atom stereocenters. The van der Waals surface area contributed by atoms with Crippen LogP contribution >= 0.6 is 23.4 Å². The Kier molecular flexibility index (Phi) is 3.42. The van der Waals surface area contributed by atoms with E-state index >= 15 is 0 Å². The van der Waals surface area contributed by atoms with Crippen LogP contribution in [0.2, 0.25) is 5.15 Å². The van der Waals surface area contributed by atoms with Crippen LogP contribution in [0.1, 0.15) is 5.56 Å². The first-order chi connectivity index (χ1) is 8.17. The summed E-state index contributed by atoms with van der Waals surface area (Å²) in [5.41, 5.74) is 0.163. The molecule has 2 aromatic rings. The smallest absolute Gasteiger partial charge is 0.251 e. The molecule has 1 N–H and O–H groups in total. The lowest BCUT2D eigenvalue weighted by Crippen LogP contribution is -2.05. The van der Waals surface area contributed by atoms with Crippen LogP contribution in [-0.4, -0.2) is 15.0 Å². The molecular formula is C10H5ClN4OS. The predicted octanol–water partition coefficient (Wildman–Crippen LogP) is 1.84. The van der Waals surface area contributed by atoms with Crippen molar-refractivity contribution < 1.29 is 0 Å². The van der Waals surface area contributed by atoms with Crippen LogP contribution in [0.15, 0.2) is 39.4 Å². The lowest BCUT2D eigenvalue weighted by molar-refractivity contribution is 0.931. The molecule has 0 aliphatic carbocycles. The Morgan fingerprint density at radius 1 is 1.47 bits per heavy atom. The number of aromatic nitrogens is 3. The standard InChI is InChI=1S/C10H5ClN4OS/c11-7-3-6(5-12)4-9(14-7)17-10-13-2-1-8(16)15-10/h1-4H,(H,13,15,16). The Balaban J connectivity index is 2.33. The number of nitriles is 1. The zero-order chi connectivity index (χ0) is 12.3. The van der Waals surface area contributed by atoms with Crippen molar-refractivity contribution in [2.45, 2.75) is 10.2 Å². The predicted molar refractivity (Wildman–Crippen MR) is 62.9 cm³/mol. The maximum absolute atomic E-state index is 11.1. The van der Waals surface area contributed by atoms with Crippen molar-refractivity contribution in [3.8, 4) is 6.07 Å². The highest BCUT2D eigenvalue weighted by Crippen LogP contribution is 2.24. The van der Waals surface area contributed by atoms with E-state index in [1.165, 1.54) is 18.3 Å². The lowest BCUT2D eigenvalue weighted by Gasteiger charge is -2.00. The second-order valence-corrected chi connectivity index (χ2v) is 4.37. The van der Waals surface area contributed by atoms with E-state index in [1.807, 2.05) is 6.07 Å².